The van der Waals surface area contributed by atoms with Crippen LogP contribution in [0.5, 0.6) is 0 Å². The minimum atomic E-state index is -0.607. The molecule has 0 spiro atoms. The van der Waals surface area contributed by atoms with E-state index < -0.39 is 5.97 Å². The predicted octanol–water partition coefficient (Wildman–Crippen LogP) is 1.83. The summed E-state index contributed by atoms with van der Waals surface area (Å²) in [5.41, 5.74) is 0. The molecule has 15 heavy (non-hydrogen) atoms. The minimum absolute atomic E-state index is 0.0888. The summed E-state index contributed by atoms with van der Waals surface area (Å²) in [5.74, 6) is 0.956. The van der Waals surface area contributed by atoms with E-state index in [9.17, 15) is 4.79 Å². The second kappa shape index (κ2) is 4.12. The van der Waals surface area contributed by atoms with Gasteiger partial charge in [0.05, 0.1) is 5.92 Å². The molecule has 1 N–H and O–H groups in total. The van der Waals surface area contributed by atoms with Gasteiger partial charge in [-0.1, -0.05) is 13.8 Å². The van der Waals surface area contributed by atoms with Crippen LogP contribution in [0.15, 0.2) is 0 Å². The number of rotatable bonds is 2. The molecular weight excluding hydrogens is 190 g/mol. The van der Waals surface area contributed by atoms with Crippen molar-refractivity contribution in [1.82, 2.24) is 4.90 Å². The molecule has 1 saturated carbocycles. The van der Waals surface area contributed by atoms with Crippen LogP contribution in [0, 0.1) is 17.8 Å². The van der Waals surface area contributed by atoms with Gasteiger partial charge in [-0.05, 0) is 44.2 Å². The Balaban J connectivity index is 1.81. The summed E-state index contributed by atoms with van der Waals surface area (Å²) in [6, 6.07) is 0.731. The number of carbonyl (C=O) groups is 1. The van der Waals surface area contributed by atoms with Crippen molar-refractivity contribution in [3.63, 3.8) is 0 Å². The van der Waals surface area contributed by atoms with Crippen molar-refractivity contribution >= 4 is 5.97 Å². The van der Waals surface area contributed by atoms with Gasteiger partial charge in [0.2, 0.25) is 0 Å². The first-order chi connectivity index (χ1) is 7.09. The average Bonchev–Trinajstić information content (AvgIpc) is 2.25. The average molecular weight is 211 g/mol. The molecule has 0 aromatic heterocycles. The normalized spacial score (nSPS) is 38.7. The topological polar surface area (TPSA) is 40.5 Å². The van der Waals surface area contributed by atoms with Crippen molar-refractivity contribution in [2.24, 2.45) is 17.8 Å². The van der Waals surface area contributed by atoms with Crippen LogP contribution in [0.1, 0.15) is 33.1 Å². The van der Waals surface area contributed by atoms with Gasteiger partial charge < -0.3 is 10.0 Å². The van der Waals surface area contributed by atoms with Crippen LogP contribution in [0.4, 0.5) is 0 Å². The summed E-state index contributed by atoms with van der Waals surface area (Å²) in [6.45, 7) is 6.60. The molecule has 0 aromatic carbocycles. The number of carboxylic acid groups (broad SMARTS) is 1. The van der Waals surface area contributed by atoms with E-state index in [1.54, 1.807) is 0 Å². The maximum Gasteiger partial charge on any atom is 0.306 e. The zero-order valence-electron chi connectivity index (χ0n) is 9.65. The molecule has 2 fully saturated rings. The summed E-state index contributed by atoms with van der Waals surface area (Å²) >= 11 is 0. The lowest BCUT2D eigenvalue weighted by Crippen LogP contribution is -2.53. The molecular formula is C12H21NO2. The lowest BCUT2D eigenvalue weighted by Gasteiger charge is -2.49. The number of piperidine rings is 1. The Morgan fingerprint density at radius 2 is 1.87 bits per heavy atom. The molecule has 2 rings (SSSR count). The number of hydrogen-bond acceptors (Lipinski definition) is 2. The maximum absolute atomic E-state index is 10.8. The largest absolute Gasteiger partial charge is 0.481 e. The van der Waals surface area contributed by atoms with Gasteiger partial charge in [0.25, 0.3) is 0 Å². The fourth-order valence-corrected chi connectivity index (χ4v) is 2.95. The van der Waals surface area contributed by atoms with Crippen molar-refractivity contribution in [1.29, 1.82) is 0 Å². The molecule has 0 amide bonds. The molecule has 1 saturated heterocycles. The number of nitrogens with zero attached hydrogens (tertiary/aromatic N) is 1. The van der Waals surface area contributed by atoms with Crippen LogP contribution in [-0.4, -0.2) is 35.1 Å². The van der Waals surface area contributed by atoms with Crippen LogP contribution in [0.2, 0.25) is 0 Å². The second-order valence-electron chi connectivity index (χ2n) is 5.29. The Bertz CT molecular complexity index is 246. The Kier molecular flexibility index (Phi) is 3.01. The number of hydrogen-bond donors (Lipinski definition) is 1. The maximum atomic E-state index is 10.8. The van der Waals surface area contributed by atoms with E-state index in [1.807, 2.05) is 0 Å². The second-order valence-corrected chi connectivity index (χ2v) is 5.29. The molecule has 1 aliphatic carbocycles. The van der Waals surface area contributed by atoms with Gasteiger partial charge in [-0.3, -0.25) is 4.79 Å². The van der Waals surface area contributed by atoms with E-state index >= 15 is 0 Å². The highest BCUT2D eigenvalue weighted by atomic mass is 16.4. The molecule has 0 aromatic rings. The lowest BCUT2D eigenvalue weighted by molar-refractivity contribution is -0.144. The van der Waals surface area contributed by atoms with Gasteiger partial charge in [-0.25, -0.2) is 0 Å². The Hall–Kier alpha value is -0.570. The zero-order chi connectivity index (χ0) is 11.0. The summed E-state index contributed by atoms with van der Waals surface area (Å²) in [7, 11) is 0. The lowest BCUT2D eigenvalue weighted by atomic mass is 9.70. The van der Waals surface area contributed by atoms with E-state index in [0.29, 0.717) is 0 Å². The highest BCUT2D eigenvalue weighted by molar-refractivity contribution is 5.70. The van der Waals surface area contributed by atoms with Gasteiger partial charge in [0.15, 0.2) is 0 Å². The predicted molar refractivity (Wildman–Crippen MR) is 58.7 cm³/mol. The van der Waals surface area contributed by atoms with Crippen LogP contribution in [0.3, 0.4) is 0 Å². The Labute approximate surface area is 91.5 Å². The molecule has 3 nitrogen and oxygen atoms in total. The van der Waals surface area contributed by atoms with Crippen molar-refractivity contribution in [2.75, 3.05) is 13.1 Å². The van der Waals surface area contributed by atoms with E-state index in [4.69, 9.17) is 5.11 Å². The third-order valence-corrected chi connectivity index (χ3v) is 4.47. The van der Waals surface area contributed by atoms with Crippen molar-refractivity contribution in [2.45, 2.75) is 39.2 Å². The van der Waals surface area contributed by atoms with Gasteiger partial charge in [-0.2, -0.15) is 0 Å². The quantitative estimate of drug-likeness (QED) is 0.757. The highest BCUT2D eigenvalue weighted by Gasteiger charge is 2.39. The van der Waals surface area contributed by atoms with Gasteiger partial charge in [-0.15, -0.1) is 0 Å². The zero-order valence-corrected chi connectivity index (χ0v) is 9.65. The summed E-state index contributed by atoms with van der Waals surface area (Å²) in [4.78, 5) is 13.3. The van der Waals surface area contributed by atoms with E-state index in [2.05, 4.69) is 18.7 Å². The number of carboxylic acids is 1. The molecule has 2 aliphatic rings. The third kappa shape index (κ3) is 2.03. The van der Waals surface area contributed by atoms with Crippen molar-refractivity contribution < 1.29 is 9.90 Å². The Morgan fingerprint density at radius 1 is 1.27 bits per heavy atom. The first-order valence-corrected chi connectivity index (χ1v) is 6.06. The molecule has 3 atom stereocenters. The fraction of sp³-hybridized carbons (Fsp3) is 0.917. The third-order valence-electron chi connectivity index (χ3n) is 4.47. The first-order valence-electron chi connectivity index (χ1n) is 6.06. The fourth-order valence-electron chi connectivity index (χ4n) is 2.95. The van der Waals surface area contributed by atoms with Gasteiger partial charge >= 0.3 is 5.97 Å². The molecule has 0 bridgehead atoms. The first kappa shape index (κ1) is 10.9. The monoisotopic (exact) mass is 211 g/mol. The molecule has 3 heteroatoms. The van der Waals surface area contributed by atoms with Crippen LogP contribution >= 0.6 is 0 Å². The summed E-state index contributed by atoms with van der Waals surface area (Å²) < 4.78 is 0. The summed E-state index contributed by atoms with van der Waals surface area (Å²) in [6.07, 6.45) is 2.98. The number of likely N-dealkylation sites (tertiary alicyclic amines) is 1. The van der Waals surface area contributed by atoms with Crippen LogP contribution < -0.4 is 0 Å². The highest BCUT2D eigenvalue weighted by Crippen LogP contribution is 2.38. The minimum Gasteiger partial charge on any atom is -0.481 e. The van der Waals surface area contributed by atoms with Crippen molar-refractivity contribution in [3.8, 4) is 0 Å². The standard InChI is InChI=1S/C12H21NO2/c1-8-7-11(9(8)2)13-5-3-10(4-6-13)12(14)15/h8-11H,3-7H2,1-2H3,(H,14,15). The summed E-state index contributed by atoms with van der Waals surface area (Å²) in [5, 5.41) is 8.91. The molecule has 1 aliphatic heterocycles. The molecule has 86 valence electrons. The molecule has 1 heterocycles. The van der Waals surface area contributed by atoms with E-state index in [1.165, 1.54) is 6.42 Å². The SMILES string of the molecule is CC1CC(N2CCC(C(=O)O)CC2)C1C. The smallest absolute Gasteiger partial charge is 0.306 e. The molecule has 0 radical (unpaired) electrons. The van der Waals surface area contributed by atoms with Gasteiger partial charge in [0.1, 0.15) is 0 Å². The van der Waals surface area contributed by atoms with Crippen LogP contribution in [-0.2, 0) is 4.79 Å². The van der Waals surface area contributed by atoms with E-state index in [0.717, 1.165) is 43.8 Å². The van der Waals surface area contributed by atoms with E-state index in [-0.39, 0.29) is 5.92 Å². The van der Waals surface area contributed by atoms with Gasteiger partial charge in [0, 0.05) is 6.04 Å². The van der Waals surface area contributed by atoms with Crippen LogP contribution in [0.25, 0.3) is 0 Å². The Morgan fingerprint density at radius 3 is 2.27 bits per heavy atom. The van der Waals surface area contributed by atoms with Crippen molar-refractivity contribution in [3.05, 3.63) is 0 Å². The number of aliphatic carboxylic acids is 1. The molecule has 3 unspecified atom stereocenters.